The first-order valence-corrected chi connectivity index (χ1v) is 9.46. The third-order valence-electron chi connectivity index (χ3n) is 4.64. The molecule has 3 heterocycles. The van der Waals surface area contributed by atoms with Gasteiger partial charge in [-0.1, -0.05) is 0 Å². The highest BCUT2D eigenvalue weighted by molar-refractivity contribution is 6.04. The van der Waals surface area contributed by atoms with E-state index < -0.39 is 11.7 Å². The predicted octanol–water partition coefficient (Wildman–Crippen LogP) is 3.92. The van der Waals surface area contributed by atoms with Crippen LogP contribution in [0.5, 0.6) is 0 Å². The molecule has 0 saturated carbocycles. The van der Waals surface area contributed by atoms with Crippen molar-refractivity contribution in [1.29, 1.82) is 0 Å². The van der Waals surface area contributed by atoms with E-state index in [0.29, 0.717) is 11.5 Å². The summed E-state index contributed by atoms with van der Waals surface area (Å²) >= 11 is 0. The lowest BCUT2D eigenvalue weighted by Gasteiger charge is -2.18. The maximum atomic E-state index is 13.2. The maximum Gasteiger partial charge on any atom is 0.257 e. The average Bonchev–Trinajstić information content (AvgIpc) is 3.24. The molecule has 2 aromatic heterocycles. The highest BCUT2D eigenvalue weighted by Gasteiger charge is 2.15. The number of carbonyl (C=O) groups excluding carboxylic acids is 1. The van der Waals surface area contributed by atoms with Gasteiger partial charge in [-0.2, -0.15) is 0 Å². The molecule has 1 aliphatic rings. The molecule has 1 saturated heterocycles. The van der Waals surface area contributed by atoms with Gasteiger partial charge >= 0.3 is 0 Å². The summed E-state index contributed by atoms with van der Waals surface area (Å²) in [6.45, 7) is 3.92. The minimum atomic E-state index is -0.550. The number of nitrogens with one attached hydrogen (secondary N) is 2. The fourth-order valence-corrected chi connectivity index (χ4v) is 3.25. The molecule has 0 atom stereocenters. The van der Waals surface area contributed by atoms with Gasteiger partial charge in [0.1, 0.15) is 23.3 Å². The molecule has 8 heteroatoms. The van der Waals surface area contributed by atoms with Crippen LogP contribution >= 0.6 is 0 Å². The molecule has 0 aliphatic carbocycles. The zero-order chi connectivity index (χ0) is 20.2. The van der Waals surface area contributed by atoms with E-state index >= 15 is 0 Å². The summed E-state index contributed by atoms with van der Waals surface area (Å²) in [5, 5.41) is 6.00. The van der Waals surface area contributed by atoms with Gasteiger partial charge in [0.15, 0.2) is 0 Å². The number of amides is 1. The topological polar surface area (TPSA) is 83.0 Å². The molecule has 1 aliphatic heterocycles. The van der Waals surface area contributed by atoms with Crippen molar-refractivity contribution in [3.05, 3.63) is 66.0 Å². The van der Waals surface area contributed by atoms with Gasteiger partial charge in [-0.25, -0.2) is 14.4 Å². The molecular weight excluding hydrogens is 371 g/mol. The van der Waals surface area contributed by atoms with Crippen LogP contribution in [0.4, 0.5) is 27.4 Å². The molecule has 3 aromatic rings. The van der Waals surface area contributed by atoms with Crippen molar-refractivity contribution >= 4 is 28.9 Å². The monoisotopic (exact) mass is 392 g/mol. The van der Waals surface area contributed by atoms with Gasteiger partial charge in [-0.3, -0.25) is 9.78 Å². The number of hydrogen-bond acceptors (Lipinski definition) is 6. The largest absolute Gasteiger partial charge is 0.356 e. The molecule has 7 nitrogen and oxygen atoms in total. The molecule has 0 radical (unpaired) electrons. The summed E-state index contributed by atoms with van der Waals surface area (Å²) in [6.07, 6.45) is 4.75. The Morgan fingerprint density at radius 1 is 1.03 bits per heavy atom. The standard InChI is InChI=1S/C21H21FN6O/c1-14-24-19(11-20(25-14)28-8-2-3-9-28)26-17-4-6-18(7-5-17)27-21(29)15-10-16(22)13-23-12-15/h4-7,10-13H,2-3,8-9H2,1H3,(H,27,29)(H,24,25,26). The predicted molar refractivity (Wildman–Crippen MR) is 110 cm³/mol. The number of carbonyl (C=O) groups is 1. The number of benzene rings is 1. The summed E-state index contributed by atoms with van der Waals surface area (Å²) in [5.41, 5.74) is 1.60. The number of anilines is 4. The average molecular weight is 392 g/mol. The molecule has 0 bridgehead atoms. The second-order valence-corrected chi connectivity index (χ2v) is 6.90. The Morgan fingerprint density at radius 2 is 1.76 bits per heavy atom. The van der Waals surface area contributed by atoms with Gasteiger partial charge in [0.05, 0.1) is 11.8 Å². The number of nitrogens with zero attached hydrogens (tertiary/aromatic N) is 4. The number of aromatic nitrogens is 3. The molecule has 29 heavy (non-hydrogen) atoms. The summed E-state index contributed by atoms with van der Waals surface area (Å²) in [7, 11) is 0. The van der Waals surface area contributed by atoms with Gasteiger partial charge in [0, 0.05) is 36.7 Å². The smallest absolute Gasteiger partial charge is 0.257 e. The fourth-order valence-electron chi connectivity index (χ4n) is 3.25. The van der Waals surface area contributed by atoms with Crippen LogP contribution in [-0.2, 0) is 0 Å². The molecular formula is C21H21FN6O. The van der Waals surface area contributed by atoms with Crippen molar-refractivity contribution in [1.82, 2.24) is 15.0 Å². The van der Waals surface area contributed by atoms with Crippen LogP contribution in [0.1, 0.15) is 29.0 Å². The lowest BCUT2D eigenvalue weighted by Crippen LogP contribution is -2.19. The fraction of sp³-hybridized carbons (Fsp3) is 0.238. The Hall–Kier alpha value is -3.55. The summed E-state index contributed by atoms with van der Waals surface area (Å²) in [6, 6.07) is 10.3. The SMILES string of the molecule is Cc1nc(Nc2ccc(NC(=O)c3cncc(F)c3)cc2)cc(N2CCCC2)n1. The third kappa shape index (κ3) is 4.66. The number of aryl methyl sites for hydroxylation is 1. The van der Waals surface area contributed by atoms with E-state index in [-0.39, 0.29) is 5.56 Å². The Kier molecular flexibility index (Phi) is 5.33. The van der Waals surface area contributed by atoms with Crippen molar-refractivity contribution in [2.45, 2.75) is 19.8 Å². The van der Waals surface area contributed by atoms with Crippen LogP contribution in [0.3, 0.4) is 0 Å². The van der Waals surface area contributed by atoms with Gasteiger partial charge in [-0.15, -0.1) is 0 Å². The minimum Gasteiger partial charge on any atom is -0.356 e. The Balaban J connectivity index is 1.44. The quantitative estimate of drug-likeness (QED) is 0.685. The number of pyridine rings is 1. The van der Waals surface area contributed by atoms with Crippen LogP contribution in [0.25, 0.3) is 0 Å². The van der Waals surface area contributed by atoms with Gasteiger partial charge < -0.3 is 15.5 Å². The molecule has 0 unspecified atom stereocenters. The molecule has 1 fully saturated rings. The molecule has 148 valence electrons. The third-order valence-corrected chi connectivity index (χ3v) is 4.64. The first-order chi connectivity index (χ1) is 14.1. The van der Waals surface area contributed by atoms with E-state index in [1.54, 1.807) is 12.1 Å². The molecule has 2 N–H and O–H groups in total. The summed E-state index contributed by atoms with van der Waals surface area (Å²) in [5.74, 6) is 1.40. The van der Waals surface area contributed by atoms with Crippen molar-refractivity contribution in [3.63, 3.8) is 0 Å². The van der Waals surface area contributed by atoms with Crippen LogP contribution in [0.15, 0.2) is 48.8 Å². The van der Waals surface area contributed by atoms with Crippen molar-refractivity contribution in [2.75, 3.05) is 28.6 Å². The highest BCUT2D eigenvalue weighted by Crippen LogP contribution is 2.23. The van der Waals surface area contributed by atoms with E-state index in [9.17, 15) is 9.18 Å². The Bertz CT molecular complexity index is 1020. The molecule has 1 aromatic carbocycles. The van der Waals surface area contributed by atoms with Crippen LogP contribution in [0, 0.1) is 12.7 Å². The van der Waals surface area contributed by atoms with Gasteiger partial charge in [0.2, 0.25) is 0 Å². The van der Waals surface area contributed by atoms with E-state index in [1.807, 2.05) is 25.1 Å². The number of hydrogen-bond donors (Lipinski definition) is 2. The zero-order valence-electron chi connectivity index (χ0n) is 16.0. The lowest BCUT2D eigenvalue weighted by atomic mass is 10.2. The van der Waals surface area contributed by atoms with Crippen LogP contribution < -0.4 is 15.5 Å². The summed E-state index contributed by atoms with van der Waals surface area (Å²) in [4.78, 5) is 27.1. The van der Waals surface area contributed by atoms with Gasteiger partial charge in [0.25, 0.3) is 5.91 Å². The Morgan fingerprint density at radius 3 is 2.48 bits per heavy atom. The second kappa shape index (κ2) is 8.22. The lowest BCUT2D eigenvalue weighted by molar-refractivity contribution is 0.102. The van der Waals surface area contributed by atoms with E-state index in [4.69, 9.17) is 0 Å². The highest BCUT2D eigenvalue weighted by atomic mass is 19.1. The van der Waals surface area contributed by atoms with E-state index in [2.05, 4.69) is 30.5 Å². The normalized spacial score (nSPS) is 13.4. The molecule has 4 rings (SSSR count). The minimum absolute atomic E-state index is 0.165. The van der Waals surface area contributed by atoms with Crippen molar-refractivity contribution in [3.8, 4) is 0 Å². The number of halogens is 1. The van der Waals surface area contributed by atoms with Crippen molar-refractivity contribution < 1.29 is 9.18 Å². The van der Waals surface area contributed by atoms with Crippen molar-refractivity contribution in [2.24, 2.45) is 0 Å². The van der Waals surface area contributed by atoms with Crippen LogP contribution in [-0.4, -0.2) is 33.9 Å². The first-order valence-electron chi connectivity index (χ1n) is 9.46. The first kappa shape index (κ1) is 18.8. The van der Waals surface area contributed by atoms with Crippen LogP contribution in [0.2, 0.25) is 0 Å². The molecule has 0 spiro atoms. The number of rotatable bonds is 5. The second-order valence-electron chi connectivity index (χ2n) is 6.90. The van der Waals surface area contributed by atoms with E-state index in [0.717, 1.165) is 42.7 Å². The maximum absolute atomic E-state index is 13.2. The van der Waals surface area contributed by atoms with E-state index in [1.165, 1.54) is 19.0 Å². The zero-order valence-corrected chi connectivity index (χ0v) is 16.0. The summed E-state index contributed by atoms with van der Waals surface area (Å²) < 4.78 is 13.2. The van der Waals surface area contributed by atoms with Gasteiger partial charge in [-0.05, 0) is 50.1 Å². The molecule has 1 amide bonds. The Labute approximate surface area is 168 Å².